The largest absolute Gasteiger partial charge is 0.383 e. The molecule has 9 nitrogen and oxygen atoms in total. The van der Waals surface area contributed by atoms with Gasteiger partial charge in [-0.15, -0.1) is 0 Å². The van der Waals surface area contributed by atoms with Gasteiger partial charge in [0.05, 0.1) is 41.8 Å². The average molecular weight is 568 g/mol. The monoisotopic (exact) mass is 567 g/mol. The highest BCUT2D eigenvalue weighted by Gasteiger charge is 2.32. The maximum absolute atomic E-state index is 13.7. The predicted molar refractivity (Wildman–Crippen MR) is 139 cm³/mol. The summed E-state index contributed by atoms with van der Waals surface area (Å²) in [6.45, 7) is 1.05. The quantitative estimate of drug-likeness (QED) is 0.329. The summed E-state index contributed by atoms with van der Waals surface area (Å²) in [6, 6.07) is 14.8. The Kier molecular flexibility index (Phi) is 9.04. The third-order valence-electron chi connectivity index (χ3n) is 6.12. The van der Waals surface area contributed by atoms with Crippen LogP contribution in [0.4, 0.5) is 0 Å². The van der Waals surface area contributed by atoms with Crippen LogP contribution in [0, 0.1) is 0 Å². The van der Waals surface area contributed by atoms with Crippen molar-refractivity contribution in [3.63, 3.8) is 0 Å². The van der Waals surface area contributed by atoms with E-state index in [0.717, 1.165) is 12.8 Å². The van der Waals surface area contributed by atoms with Gasteiger partial charge in [-0.2, -0.15) is 4.31 Å². The third-order valence-corrected chi connectivity index (χ3v) is 9.79. The number of imidazole rings is 1. The van der Waals surface area contributed by atoms with Gasteiger partial charge in [-0.05, 0) is 42.7 Å². The molecule has 0 amide bonds. The molecule has 12 heteroatoms. The minimum Gasteiger partial charge on any atom is -0.383 e. The zero-order valence-electron chi connectivity index (χ0n) is 20.5. The van der Waals surface area contributed by atoms with E-state index in [1.807, 2.05) is 6.07 Å². The number of sulfone groups is 1. The zero-order valence-corrected chi connectivity index (χ0v) is 22.9. The molecule has 0 saturated carbocycles. The van der Waals surface area contributed by atoms with Gasteiger partial charge < -0.3 is 14.0 Å². The molecule has 1 fully saturated rings. The Hall–Kier alpha value is -2.28. The normalized spacial score (nSPS) is 16.5. The lowest BCUT2D eigenvalue weighted by Crippen LogP contribution is -2.37. The van der Waals surface area contributed by atoms with E-state index in [2.05, 4.69) is 4.98 Å². The molecule has 0 unspecified atom stereocenters. The summed E-state index contributed by atoms with van der Waals surface area (Å²) in [5, 5.41) is 0.305. The second-order valence-corrected chi connectivity index (χ2v) is 13.1. The fourth-order valence-corrected chi connectivity index (χ4v) is 7.33. The molecule has 1 saturated heterocycles. The molecule has 4 rings (SSSR count). The van der Waals surface area contributed by atoms with Gasteiger partial charge in [-0.25, -0.2) is 21.8 Å². The Labute approximate surface area is 223 Å². The van der Waals surface area contributed by atoms with Crippen molar-refractivity contribution in [2.75, 3.05) is 26.9 Å². The first-order valence-electron chi connectivity index (χ1n) is 11.9. The number of hydrogen-bond acceptors (Lipinski definition) is 7. The Morgan fingerprint density at radius 1 is 1.11 bits per heavy atom. The molecule has 0 bridgehead atoms. The summed E-state index contributed by atoms with van der Waals surface area (Å²) < 4.78 is 67.8. The van der Waals surface area contributed by atoms with Crippen LogP contribution in [-0.2, 0) is 48.2 Å². The molecule has 3 aromatic rings. The minimum atomic E-state index is -3.94. The molecule has 37 heavy (non-hydrogen) atoms. The summed E-state index contributed by atoms with van der Waals surface area (Å²) in [5.41, 5.74) is 1.08. The first kappa shape index (κ1) is 27.7. The van der Waals surface area contributed by atoms with Gasteiger partial charge in [-0.1, -0.05) is 41.9 Å². The van der Waals surface area contributed by atoms with E-state index in [1.165, 1.54) is 46.4 Å². The van der Waals surface area contributed by atoms with E-state index in [0.29, 0.717) is 22.9 Å². The maximum Gasteiger partial charge on any atom is 0.243 e. The van der Waals surface area contributed by atoms with Crippen molar-refractivity contribution in [2.24, 2.45) is 0 Å². The second-order valence-electron chi connectivity index (χ2n) is 8.81. The highest BCUT2D eigenvalue weighted by Crippen LogP contribution is 2.25. The second kappa shape index (κ2) is 12.1. The Morgan fingerprint density at radius 2 is 1.84 bits per heavy atom. The van der Waals surface area contributed by atoms with Gasteiger partial charge in [0.1, 0.15) is 0 Å². The Balaban J connectivity index is 1.69. The van der Waals surface area contributed by atoms with E-state index in [-0.39, 0.29) is 48.1 Å². The molecule has 0 spiro atoms. The van der Waals surface area contributed by atoms with Crippen LogP contribution in [0.5, 0.6) is 0 Å². The van der Waals surface area contributed by atoms with Gasteiger partial charge in [0, 0.05) is 31.8 Å². The molecule has 1 atom stereocenters. The molecular formula is C25H30ClN3O6S2. The lowest BCUT2D eigenvalue weighted by Gasteiger charge is -2.25. The first-order chi connectivity index (χ1) is 17.7. The molecule has 0 N–H and O–H groups in total. The van der Waals surface area contributed by atoms with Crippen molar-refractivity contribution in [3.05, 3.63) is 77.1 Å². The fraction of sp³-hybridized carbons (Fsp3) is 0.400. The zero-order chi connectivity index (χ0) is 26.5. The van der Waals surface area contributed by atoms with Gasteiger partial charge >= 0.3 is 0 Å². The highest BCUT2D eigenvalue weighted by atomic mass is 35.5. The van der Waals surface area contributed by atoms with Crippen LogP contribution in [-0.4, -0.2) is 63.7 Å². The molecule has 1 aliphatic rings. The molecule has 0 radical (unpaired) electrons. The van der Waals surface area contributed by atoms with Crippen LogP contribution >= 0.6 is 11.6 Å². The molecule has 2 aromatic carbocycles. The molecule has 200 valence electrons. The summed E-state index contributed by atoms with van der Waals surface area (Å²) in [6.07, 6.45) is 2.77. The van der Waals surface area contributed by atoms with Crippen LogP contribution < -0.4 is 0 Å². The van der Waals surface area contributed by atoms with Gasteiger partial charge in [0.2, 0.25) is 25.0 Å². The predicted octanol–water partition coefficient (Wildman–Crippen LogP) is 3.53. The molecule has 2 heterocycles. The molecule has 1 aliphatic heterocycles. The summed E-state index contributed by atoms with van der Waals surface area (Å²) in [5.74, 6) is -0.222. The minimum absolute atomic E-state index is 0.0810. The van der Waals surface area contributed by atoms with Crippen molar-refractivity contribution in [1.82, 2.24) is 13.9 Å². The summed E-state index contributed by atoms with van der Waals surface area (Å²) in [4.78, 5) is 4.33. The van der Waals surface area contributed by atoms with Gasteiger partial charge in [0.25, 0.3) is 0 Å². The smallest absolute Gasteiger partial charge is 0.243 e. The number of rotatable bonds is 12. The molecule has 1 aromatic heterocycles. The van der Waals surface area contributed by atoms with E-state index < -0.39 is 19.9 Å². The van der Waals surface area contributed by atoms with E-state index in [4.69, 9.17) is 21.1 Å². The number of methoxy groups -OCH3 is 1. The van der Waals surface area contributed by atoms with E-state index >= 15 is 0 Å². The lowest BCUT2D eigenvalue weighted by atomic mass is 10.2. The van der Waals surface area contributed by atoms with Crippen molar-refractivity contribution < 1.29 is 26.3 Å². The standard InChI is InChI=1S/C25H30ClN3O6S2/c1-34-15-13-29-22(16-27-25(29)36(30,31)19-20-6-3-2-4-7-20)17-28(18-23-8-5-14-35-23)37(32,33)24-11-9-21(26)10-12-24/h2-4,6-7,9-12,16,23H,5,8,13-15,17-19H2,1H3/t23-/m1/s1. The SMILES string of the molecule is COCCn1c(CN(C[C@H]2CCCO2)S(=O)(=O)c2ccc(Cl)cc2)cnc1S(=O)(=O)Cc1ccccc1. The van der Waals surface area contributed by atoms with E-state index in [1.54, 1.807) is 24.3 Å². The van der Waals surface area contributed by atoms with Crippen LogP contribution in [0.15, 0.2) is 70.8 Å². The van der Waals surface area contributed by atoms with Crippen molar-refractivity contribution in [3.8, 4) is 0 Å². The van der Waals surface area contributed by atoms with Crippen LogP contribution in [0.1, 0.15) is 24.1 Å². The van der Waals surface area contributed by atoms with Gasteiger partial charge in [-0.3, -0.25) is 0 Å². The lowest BCUT2D eigenvalue weighted by molar-refractivity contribution is 0.0920. The Morgan fingerprint density at radius 3 is 2.49 bits per heavy atom. The average Bonchev–Trinajstić information content (AvgIpc) is 3.53. The van der Waals surface area contributed by atoms with Crippen molar-refractivity contribution in [1.29, 1.82) is 0 Å². The Bertz CT molecular complexity index is 1390. The fourth-order valence-electron chi connectivity index (χ4n) is 4.25. The number of nitrogens with zero attached hydrogens (tertiary/aromatic N) is 3. The topological polar surface area (TPSA) is 108 Å². The highest BCUT2D eigenvalue weighted by molar-refractivity contribution is 7.90. The summed E-state index contributed by atoms with van der Waals surface area (Å²) in [7, 11) is -6.24. The number of halogens is 1. The first-order valence-corrected chi connectivity index (χ1v) is 15.3. The molecule has 0 aliphatic carbocycles. The number of aromatic nitrogens is 2. The maximum atomic E-state index is 13.7. The van der Waals surface area contributed by atoms with E-state index in [9.17, 15) is 16.8 Å². The third kappa shape index (κ3) is 6.78. The molecular weight excluding hydrogens is 538 g/mol. The van der Waals surface area contributed by atoms with Crippen molar-refractivity contribution in [2.45, 2.75) is 47.8 Å². The number of hydrogen-bond donors (Lipinski definition) is 0. The number of ether oxygens (including phenoxy) is 2. The van der Waals surface area contributed by atoms with Gasteiger partial charge in [0.15, 0.2) is 0 Å². The van der Waals surface area contributed by atoms with Crippen LogP contribution in [0.25, 0.3) is 0 Å². The number of sulfonamides is 1. The number of benzene rings is 2. The van der Waals surface area contributed by atoms with Crippen LogP contribution in [0.2, 0.25) is 5.02 Å². The van der Waals surface area contributed by atoms with Crippen LogP contribution in [0.3, 0.4) is 0 Å². The van der Waals surface area contributed by atoms with Crippen molar-refractivity contribution >= 4 is 31.5 Å². The summed E-state index contributed by atoms with van der Waals surface area (Å²) >= 11 is 5.97.